The van der Waals surface area contributed by atoms with Gasteiger partial charge in [0.25, 0.3) is 0 Å². The molecule has 0 bridgehead atoms. The number of aliphatic hydroxyl groups is 1. The standard InChI is InChI=1S/C12H21NO3/c1-16-11(14)10(9-4-5-9)13-8-12(15)6-2-3-7-12/h9-10,13,15H,2-8H2,1H3. The van der Waals surface area contributed by atoms with Crippen LogP contribution in [-0.4, -0.2) is 36.4 Å². The summed E-state index contributed by atoms with van der Waals surface area (Å²) < 4.78 is 4.78. The molecule has 2 aliphatic carbocycles. The number of hydrogen-bond acceptors (Lipinski definition) is 4. The van der Waals surface area contributed by atoms with Crippen LogP contribution in [0.25, 0.3) is 0 Å². The van der Waals surface area contributed by atoms with Crippen LogP contribution >= 0.6 is 0 Å². The molecule has 1 unspecified atom stereocenters. The number of carbonyl (C=O) groups is 1. The zero-order chi connectivity index (χ0) is 11.6. The lowest BCUT2D eigenvalue weighted by Crippen LogP contribution is -2.47. The second-order valence-electron chi connectivity index (χ2n) is 5.15. The van der Waals surface area contributed by atoms with Gasteiger partial charge in [-0.1, -0.05) is 12.8 Å². The van der Waals surface area contributed by atoms with Crippen LogP contribution in [0.15, 0.2) is 0 Å². The molecule has 0 aromatic rings. The predicted octanol–water partition coefficient (Wildman–Crippen LogP) is 0.833. The van der Waals surface area contributed by atoms with E-state index in [4.69, 9.17) is 4.74 Å². The minimum Gasteiger partial charge on any atom is -0.468 e. The predicted molar refractivity (Wildman–Crippen MR) is 59.9 cm³/mol. The van der Waals surface area contributed by atoms with E-state index in [-0.39, 0.29) is 12.0 Å². The Hall–Kier alpha value is -0.610. The zero-order valence-electron chi connectivity index (χ0n) is 9.87. The Labute approximate surface area is 96.4 Å². The molecule has 2 fully saturated rings. The lowest BCUT2D eigenvalue weighted by Gasteiger charge is -2.25. The largest absolute Gasteiger partial charge is 0.468 e. The average molecular weight is 227 g/mol. The lowest BCUT2D eigenvalue weighted by molar-refractivity contribution is -0.144. The van der Waals surface area contributed by atoms with Gasteiger partial charge in [0.05, 0.1) is 12.7 Å². The highest BCUT2D eigenvalue weighted by atomic mass is 16.5. The number of esters is 1. The van der Waals surface area contributed by atoms with E-state index in [0.29, 0.717) is 12.5 Å². The Morgan fingerprint density at radius 1 is 1.50 bits per heavy atom. The molecular formula is C12H21NO3. The van der Waals surface area contributed by atoms with Gasteiger partial charge in [0, 0.05) is 6.54 Å². The second-order valence-corrected chi connectivity index (χ2v) is 5.15. The van der Waals surface area contributed by atoms with Crippen molar-refractivity contribution in [1.29, 1.82) is 0 Å². The first-order valence-electron chi connectivity index (χ1n) is 6.18. The molecule has 0 amide bonds. The van der Waals surface area contributed by atoms with Crippen molar-refractivity contribution in [2.45, 2.75) is 50.2 Å². The molecule has 0 aromatic heterocycles. The van der Waals surface area contributed by atoms with Crippen LogP contribution in [0.5, 0.6) is 0 Å². The van der Waals surface area contributed by atoms with Gasteiger partial charge in [-0.3, -0.25) is 4.79 Å². The Bertz CT molecular complexity index is 257. The molecule has 0 aromatic carbocycles. The summed E-state index contributed by atoms with van der Waals surface area (Å²) >= 11 is 0. The number of nitrogens with one attached hydrogen (secondary N) is 1. The first kappa shape index (κ1) is 11.9. The van der Waals surface area contributed by atoms with Crippen molar-refractivity contribution in [3.05, 3.63) is 0 Å². The van der Waals surface area contributed by atoms with Gasteiger partial charge in [-0.15, -0.1) is 0 Å². The third kappa shape index (κ3) is 2.74. The number of ether oxygens (including phenoxy) is 1. The van der Waals surface area contributed by atoms with E-state index in [1.807, 2.05) is 0 Å². The Morgan fingerprint density at radius 3 is 2.62 bits per heavy atom. The molecule has 92 valence electrons. The minimum atomic E-state index is -0.596. The summed E-state index contributed by atoms with van der Waals surface area (Å²) in [5, 5.41) is 13.4. The van der Waals surface area contributed by atoms with Gasteiger partial charge in [-0.2, -0.15) is 0 Å². The normalized spacial score (nSPS) is 25.4. The fourth-order valence-electron chi connectivity index (χ4n) is 2.51. The Balaban J connectivity index is 1.83. The van der Waals surface area contributed by atoms with Crippen molar-refractivity contribution < 1.29 is 14.6 Å². The van der Waals surface area contributed by atoms with Crippen LogP contribution in [0.3, 0.4) is 0 Å². The third-order valence-electron chi connectivity index (χ3n) is 3.73. The van der Waals surface area contributed by atoms with E-state index < -0.39 is 5.60 Å². The fourth-order valence-corrected chi connectivity index (χ4v) is 2.51. The number of carbonyl (C=O) groups excluding carboxylic acids is 1. The maximum atomic E-state index is 11.5. The van der Waals surface area contributed by atoms with Gasteiger partial charge in [0.15, 0.2) is 0 Å². The van der Waals surface area contributed by atoms with Gasteiger partial charge in [-0.05, 0) is 31.6 Å². The average Bonchev–Trinajstić information content (AvgIpc) is 3.01. The van der Waals surface area contributed by atoms with Gasteiger partial charge in [-0.25, -0.2) is 0 Å². The molecular weight excluding hydrogens is 206 g/mol. The number of methoxy groups -OCH3 is 1. The molecule has 0 saturated heterocycles. The zero-order valence-corrected chi connectivity index (χ0v) is 9.87. The second kappa shape index (κ2) is 4.72. The van der Waals surface area contributed by atoms with Gasteiger partial charge >= 0.3 is 5.97 Å². The highest BCUT2D eigenvalue weighted by Gasteiger charge is 2.39. The quantitative estimate of drug-likeness (QED) is 0.683. The van der Waals surface area contributed by atoms with Gasteiger partial charge in [0.2, 0.25) is 0 Å². The number of hydrogen-bond donors (Lipinski definition) is 2. The minimum absolute atomic E-state index is 0.191. The molecule has 2 rings (SSSR count). The van der Waals surface area contributed by atoms with Crippen LogP contribution < -0.4 is 5.32 Å². The van der Waals surface area contributed by atoms with Crippen molar-refractivity contribution in [2.75, 3.05) is 13.7 Å². The SMILES string of the molecule is COC(=O)C(NCC1(O)CCCC1)C1CC1. The van der Waals surface area contributed by atoms with Crippen molar-refractivity contribution in [3.63, 3.8) is 0 Å². The fraction of sp³-hybridized carbons (Fsp3) is 0.917. The van der Waals surface area contributed by atoms with Gasteiger partial charge < -0.3 is 15.2 Å². The molecule has 2 aliphatic rings. The summed E-state index contributed by atoms with van der Waals surface area (Å²) in [5.41, 5.74) is -0.596. The van der Waals surface area contributed by atoms with Crippen molar-refractivity contribution in [2.24, 2.45) is 5.92 Å². The molecule has 0 aliphatic heterocycles. The molecule has 4 nitrogen and oxygen atoms in total. The first-order valence-corrected chi connectivity index (χ1v) is 6.18. The van der Waals surface area contributed by atoms with Crippen LogP contribution in [0, 0.1) is 5.92 Å². The molecule has 4 heteroatoms. The van der Waals surface area contributed by atoms with Crippen molar-refractivity contribution in [1.82, 2.24) is 5.32 Å². The van der Waals surface area contributed by atoms with E-state index in [2.05, 4.69) is 5.32 Å². The van der Waals surface area contributed by atoms with Crippen LogP contribution in [0.1, 0.15) is 38.5 Å². The summed E-state index contributed by atoms with van der Waals surface area (Å²) in [6.45, 7) is 0.517. The van der Waals surface area contributed by atoms with Gasteiger partial charge in [0.1, 0.15) is 6.04 Å². The Kier molecular flexibility index (Phi) is 3.50. The van der Waals surface area contributed by atoms with Crippen molar-refractivity contribution >= 4 is 5.97 Å². The monoisotopic (exact) mass is 227 g/mol. The maximum absolute atomic E-state index is 11.5. The number of rotatable bonds is 5. The van der Waals surface area contributed by atoms with E-state index in [1.54, 1.807) is 0 Å². The third-order valence-corrected chi connectivity index (χ3v) is 3.73. The molecule has 0 heterocycles. The Morgan fingerprint density at radius 2 is 2.12 bits per heavy atom. The first-order chi connectivity index (χ1) is 7.64. The molecule has 2 N–H and O–H groups in total. The summed E-state index contributed by atoms with van der Waals surface area (Å²) in [7, 11) is 1.42. The molecule has 0 spiro atoms. The van der Waals surface area contributed by atoms with E-state index in [0.717, 1.165) is 38.5 Å². The smallest absolute Gasteiger partial charge is 0.323 e. The maximum Gasteiger partial charge on any atom is 0.323 e. The molecule has 16 heavy (non-hydrogen) atoms. The summed E-state index contributed by atoms with van der Waals surface area (Å²) in [6, 6.07) is -0.213. The highest BCUT2D eigenvalue weighted by molar-refractivity contribution is 5.76. The van der Waals surface area contributed by atoms with E-state index >= 15 is 0 Å². The van der Waals surface area contributed by atoms with Crippen LogP contribution in [0.2, 0.25) is 0 Å². The summed E-state index contributed by atoms with van der Waals surface area (Å²) in [4.78, 5) is 11.5. The van der Waals surface area contributed by atoms with Crippen molar-refractivity contribution in [3.8, 4) is 0 Å². The summed E-state index contributed by atoms with van der Waals surface area (Å²) in [6.07, 6.45) is 6.04. The summed E-state index contributed by atoms with van der Waals surface area (Å²) in [5.74, 6) is 0.224. The van der Waals surface area contributed by atoms with E-state index in [9.17, 15) is 9.90 Å². The highest BCUT2D eigenvalue weighted by Crippen LogP contribution is 2.34. The molecule has 0 radical (unpaired) electrons. The van der Waals surface area contributed by atoms with Crippen LogP contribution in [-0.2, 0) is 9.53 Å². The molecule has 1 atom stereocenters. The van der Waals surface area contributed by atoms with E-state index in [1.165, 1.54) is 7.11 Å². The lowest BCUT2D eigenvalue weighted by atomic mass is 10.0. The topological polar surface area (TPSA) is 58.6 Å². The van der Waals surface area contributed by atoms with Crippen LogP contribution in [0.4, 0.5) is 0 Å². The molecule has 2 saturated carbocycles.